The van der Waals surface area contributed by atoms with E-state index in [1.807, 2.05) is 24.3 Å². The second-order valence-electron chi connectivity index (χ2n) is 4.03. The summed E-state index contributed by atoms with van der Waals surface area (Å²) in [6, 6.07) is 7.48. The van der Waals surface area contributed by atoms with Gasteiger partial charge >= 0.3 is 6.64 Å². The summed E-state index contributed by atoms with van der Waals surface area (Å²) in [6.45, 7) is 2.35. The Morgan fingerprint density at radius 1 is 1.25 bits per heavy atom. The molecule has 1 aliphatic rings. The summed E-state index contributed by atoms with van der Waals surface area (Å²) in [5.41, 5.74) is 0. The number of rotatable bonds is 3. The molecule has 0 saturated carbocycles. The Morgan fingerprint density at radius 2 is 1.75 bits per heavy atom. The van der Waals surface area contributed by atoms with Crippen LogP contribution in [0.5, 0.6) is 11.5 Å². The summed E-state index contributed by atoms with van der Waals surface area (Å²) in [5.74, 6) is 1.84. The molecule has 0 N–H and O–H groups in total. The molecule has 0 bridgehead atoms. The Kier molecular flexibility index (Phi) is 3.50. The first-order valence-corrected chi connectivity index (χ1v) is 8.00. The average molecular weight is 274 g/mol. The summed E-state index contributed by atoms with van der Waals surface area (Å²) in [7, 11) is 0. The number of para-hydroxylation sites is 2. The molecule has 16 heavy (non-hydrogen) atoms. The van der Waals surface area contributed by atoms with Gasteiger partial charge < -0.3 is 9.05 Å². The van der Waals surface area contributed by atoms with Crippen molar-refractivity contribution in [2.24, 2.45) is 5.92 Å². The van der Waals surface area contributed by atoms with E-state index in [9.17, 15) is 0 Å². The van der Waals surface area contributed by atoms with Gasteiger partial charge in [0.2, 0.25) is 0 Å². The third-order valence-electron chi connectivity index (χ3n) is 2.07. The molecule has 0 spiro atoms. The minimum absolute atomic E-state index is 0.438. The second kappa shape index (κ2) is 4.57. The maximum atomic E-state index is 5.68. The molecule has 1 heterocycles. The number of hydrogen-bond acceptors (Lipinski definition) is 3. The Labute approximate surface area is 107 Å². The van der Waals surface area contributed by atoms with E-state index in [2.05, 4.69) is 13.8 Å². The number of nitrogens with zero attached hydrogens (tertiary/aromatic N) is 1. The van der Waals surface area contributed by atoms with Crippen molar-refractivity contribution >= 4 is 31.3 Å². The standard InChI is InChI=1S/C10H13NO2PS2/c1-8(2)7-11(15)14(16)12-9-5-3-4-6-10(9)13-14/h3-6,8H,7H2,1-2H3. The molecule has 1 aliphatic heterocycles. The zero-order valence-corrected chi connectivity index (χ0v) is 11.6. The van der Waals surface area contributed by atoms with E-state index in [0.29, 0.717) is 24.0 Å². The SMILES string of the molecule is CC(C)CN([S])P1(=S)Oc2ccccc2O1. The van der Waals surface area contributed by atoms with Gasteiger partial charge in [-0.15, -0.1) is 4.08 Å². The van der Waals surface area contributed by atoms with Crippen LogP contribution in [-0.4, -0.2) is 10.6 Å². The van der Waals surface area contributed by atoms with E-state index in [0.717, 1.165) is 0 Å². The highest BCUT2D eigenvalue weighted by molar-refractivity contribution is 8.12. The fourth-order valence-electron chi connectivity index (χ4n) is 1.37. The van der Waals surface area contributed by atoms with Crippen LogP contribution in [-0.2, 0) is 11.8 Å². The monoisotopic (exact) mass is 274 g/mol. The van der Waals surface area contributed by atoms with Crippen molar-refractivity contribution in [3.8, 4) is 11.5 Å². The Bertz CT molecular complexity index is 410. The molecule has 2 rings (SSSR count). The number of benzene rings is 1. The molecular weight excluding hydrogens is 261 g/mol. The summed E-state index contributed by atoms with van der Waals surface area (Å²) < 4.78 is 13.0. The van der Waals surface area contributed by atoms with Crippen molar-refractivity contribution in [2.45, 2.75) is 13.8 Å². The van der Waals surface area contributed by atoms with Crippen molar-refractivity contribution in [1.82, 2.24) is 4.08 Å². The van der Waals surface area contributed by atoms with E-state index in [1.165, 1.54) is 0 Å². The van der Waals surface area contributed by atoms with Crippen molar-refractivity contribution in [3.05, 3.63) is 24.3 Å². The van der Waals surface area contributed by atoms with Gasteiger partial charge in [0.25, 0.3) is 0 Å². The Morgan fingerprint density at radius 3 is 2.19 bits per heavy atom. The van der Waals surface area contributed by atoms with E-state index < -0.39 is 6.64 Å². The van der Waals surface area contributed by atoms with Gasteiger partial charge in [-0.25, -0.2) is 0 Å². The minimum atomic E-state index is -2.52. The molecule has 1 aromatic rings. The van der Waals surface area contributed by atoms with Gasteiger partial charge in [-0.1, -0.05) is 26.0 Å². The molecule has 1 radical (unpaired) electrons. The molecule has 0 saturated heterocycles. The van der Waals surface area contributed by atoms with Crippen LogP contribution < -0.4 is 9.05 Å². The Hall–Kier alpha value is -0.220. The van der Waals surface area contributed by atoms with Crippen molar-refractivity contribution in [3.63, 3.8) is 0 Å². The first-order chi connectivity index (χ1) is 7.51. The lowest BCUT2D eigenvalue weighted by molar-refractivity contribution is 0.459. The highest BCUT2D eigenvalue weighted by Gasteiger charge is 2.37. The molecule has 0 fully saturated rings. The molecule has 0 amide bonds. The average Bonchev–Trinajstić information content (AvgIpc) is 2.54. The third kappa shape index (κ3) is 2.38. The quantitative estimate of drug-likeness (QED) is 0.782. The lowest BCUT2D eigenvalue weighted by atomic mass is 10.2. The van der Waals surface area contributed by atoms with Crippen molar-refractivity contribution in [1.29, 1.82) is 0 Å². The lowest BCUT2D eigenvalue weighted by Gasteiger charge is -2.23. The van der Waals surface area contributed by atoms with Crippen LogP contribution in [0, 0.1) is 5.92 Å². The topological polar surface area (TPSA) is 21.7 Å². The second-order valence-corrected chi connectivity index (χ2v) is 7.91. The van der Waals surface area contributed by atoms with Crippen molar-refractivity contribution < 1.29 is 9.05 Å². The molecule has 0 atom stereocenters. The smallest absolute Gasteiger partial charge is 0.378 e. The lowest BCUT2D eigenvalue weighted by Crippen LogP contribution is -2.18. The van der Waals surface area contributed by atoms with E-state index >= 15 is 0 Å². The van der Waals surface area contributed by atoms with Gasteiger partial charge in [-0.05, 0) is 18.1 Å². The van der Waals surface area contributed by atoms with Gasteiger partial charge in [0.15, 0.2) is 11.5 Å². The van der Waals surface area contributed by atoms with Crippen LogP contribution >= 0.6 is 19.5 Å². The highest BCUT2D eigenvalue weighted by Crippen LogP contribution is 2.61. The molecule has 3 nitrogen and oxygen atoms in total. The molecule has 1 aromatic carbocycles. The Balaban J connectivity index is 2.17. The maximum absolute atomic E-state index is 5.68. The molecule has 0 unspecified atom stereocenters. The molecular formula is C10H13NO2PS2. The van der Waals surface area contributed by atoms with Crippen LogP contribution in [0.4, 0.5) is 0 Å². The first kappa shape index (κ1) is 12.2. The minimum Gasteiger partial charge on any atom is -0.420 e. The van der Waals surface area contributed by atoms with Gasteiger partial charge in [0.1, 0.15) is 0 Å². The van der Waals surface area contributed by atoms with Crippen LogP contribution in [0.15, 0.2) is 24.3 Å². The van der Waals surface area contributed by atoms with Gasteiger partial charge in [0, 0.05) is 31.2 Å². The van der Waals surface area contributed by atoms with Crippen LogP contribution in [0.1, 0.15) is 13.8 Å². The largest absolute Gasteiger partial charge is 0.420 e. The molecule has 0 aromatic heterocycles. The normalized spacial score (nSPS) is 17.1. The molecule has 6 heteroatoms. The van der Waals surface area contributed by atoms with Crippen LogP contribution in [0.3, 0.4) is 0 Å². The molecule has 0 aliphatic carbocycles. The fourth-order valence-corrected chi connectivity index (χ4v) is 4.10. The van der Waals surface area contributed by atoms with Crippen LogP contribution in [0.2, 0.25) is 0 Å². The molecule has 87 valence electrons. The van der Waals surface area contributed by atoms with Gasteiger partial charge in [0.05, 0.1) is 0 Å². The highest BCUT2D eigenvalue weighted by atomic mass is 32.5. The predicted molar refractivity (Wildman–Crippen MR) is 71.1 cm³/mol. The number of fused-ring (bicyclic) bond motifs is 1. The van der Waals surface area contributed by atoms with E-state index in [4.69, 9.17) is 33.7 Å². The van der Waals surface area contributed by atoms with E-state index in [1.54, 1.807) is 4.08 Å². The third-order valence-corrected chi connectivity index (χ3v) is 5.78. The number of hydrogen-bond donors (Lipinski definition) is 0. The first-order valence-electron chi connectivity index (χ1n) is 5.05. The summed E-state index contributed by atoms with van der Waals surface area (Å²) in [4.78, 5) is 0. The zero-order chi connectivity index (χ0) is 11.8. The van der Waals surface area contributed by atoms with Gasteiger partial charge in [-0.3, -0.25) is 0 Å². The predicted octanol–water partition coefficient (Wildman–Crippen LogP) is 3.75. The summed E-state index contributed by atoms with van der Waals surface area (Å²) >= 11 is 10.7. The van der Waals surface area contributed by atoms with Crippen molar-refractivity contribution in [2.75, 3.05) is 6.54 Å². The summed E-state index contributed by atoms with van der Waals surface area (Å²) in [6.07, 6.45) is 0. The summed E-state index contributed by atoms with van der Waals surface area (Å²) in [5, 5.41) is 0. The zero-order valence-electron chi connectivity index (χ0n) is 9.12. The fraction of sp³-hybridized carbons (Fsp3) is 0.400. The van der Waals surface area contributed by atoms with E-state index in [-0.39, 0.29) is 0 Å². The van der Waals surface area contributed by atoms with Gasteiger partial charge in [-0.2, -0.15) is 0 Å². The maximum Gasteiger partial charge on any atom is 0.378 e. The van der Waals surface area contributed by atoms with Crippen LogP contribution in [0.25, 0.3) is 0 Å².